The van der Waals surface area contributed by atoms with Crippen molar-refractivity contribution in [2.45, 2.75) is 11.5 Å². The highest BCUT2D eigenvalue weighted by Gasteiger charge is 2.23. The first-order valence-corrected chi connectivity index (χ1v) is 8.63. The minimum absolute atomic E-state index is 0.0328. The monoisotopic (exact) mass is 362 g/mol. The van der Waals surface area contributed by atoms with Crippen LogP contribution in [0.5, 0.6) is 0 Å². The maximum absolute atomic E-state index is 12.9. The fourth-order valence-electron chi connectivity index (χ4n) is 1.94. The van der Waals surface area contributed by atoms with Crippen LogP contribution in [0, 0.1) is 17.1 Å². The second-order valence-electron chi connectivity index (χ2n) is 5.18. The number of carbonyl (C=O) groups excluding carboxylic acids is 1. The second kappa shape index (κ2) is 7.88. The Kier molecular flexibility index (Phi) is 5.85. The molecule has 0 bridgehead atoms. The van der Waals surface area contributed by atoms with Gasteiger partial charge in [-0.05, 0) is 42.0 Å². The molecule has 0 unspecified atom stereocenters. The SMILES string of the molecule is CN(CC(=O)OCc1ccc(C#N)cc1)S(=O)(=O)c1ccc(F)cc1. The van der Waals surface area contributed by atoms with Gasteiger partial charge in [-0.25, -0.2) is 12.8 Å². The summed E-state index contributed by atoms with van der Waals surface area (Å²) in [5.74, 6) is -1.28. The molecule has 2 rings (SSSR count). The molecule has 0 N–H and O–H groups in total. The lowest BCUT2D eigenvalue weighted by molar-refractivity contribution is -0.144. The number of nitriles is 1. The Hall–Kier alpha value is -2.76. The molecule has 0 aliphatic carbocycles. The van der Waals surface area contributed by atoms with Crippen LogP contribution in [-0.4, -0.2) is 32.3 Å². The standard InChI is InChI=1S/C17H15FN2O4S/c1-20(25(22,23)16-8-6-15(18)7-9-16)11-17(21)24-12-14-4-2-13(10-19)3-5-14/h2-9H,11-12H2,1H3. The maximum Gasteiger partial charge on any atom is 0.321 e. The molecule has 0 aromatic heterocycles. The van der Waals surface area contributed by atoms with Gasteiger partial charge in [-0.2, -0.15) is 9.57 Å². The first kappa shape index (κ1) is 18.6. The van der Waals surface area contributed by atoms with E-state index in [1.54, 1.807) is 24.3 Å². The van der Waals surface area contributed by atoms with E-state index in [1.165, 1.54) is 7.05 Å². The quantitative estimate of drug-likeness (QED) is 0.734. The van der Waals surface area contributed by atoms with Crippen molar-refractivity contribution in [3.8, 4) is 6.07 Å². The van der Waals surface area contributed by atoms with Gasteiger partial charge in [0.05, 0.1) is 16.5 Å². The van der Waals surface area contributed by atoms with Gasteiger partial charge in [0.15, 0.2) is 0 Å². The third-order valence-corrected chi connectivity index (χ3v) is 5.17. The van der Waals surface area contributed by atoms with Crippen molar-refractivity contribution in [1.82, 2.24) is 4.31 Å². The van der Waals surface area contributed by atoms with Gasteiger partial charge >= 0.3 is 5.97 Å². The van der Waals surface area contributed by atoms with E-state index in [-0.39, 0.29) is 11.5 Å². The van der Waals surface area contributed by atoms with Gasteiger partial charge in [-0.1, -0.05) is 12.1 Å². The average molecular weight is 362 g/mol. The molecule has 0 fully saturated rings. The van der Waals surface area contributed by atoms with Gasteiger partial charge in [0.1, 0.15) is 19.0 Å². The summed E-state index contributed by atoms with van der Waals surface area (Å²) in [5, 5.41) is 8.71. The van der Waals surface area contributed by atoms with Gasteiger partial charge in [0.25, 0.3) is 0 Å². The maximum atomic E-state index is 12.9. The number of ether oxygens (including phenoxy) is 1. The lowest BCUT2D eigenvalue weighted by Crippen LogP contribution is -2.33. The fourth-order valence-corrected chi connectivity index (χ4v) is 3.05. The Bertz CT molecular complexity index is 888. The van der Waals surface area contributed by atoms with E-state index >= 15 is 0 Å². The summed E-state index contributed by atoms with van der Waals surface area (Å²) in [4.78, 5) is 11.7. The summed E-state index contributed by atoms with van der Waals surface area (Å²) in [7, 11) is -2.68. The van der Waals surface area contributed by atoms with E-state index in [9.17, 15) is 17.6 Å². The van der Waals surface area contributed by atoms with E-state index in [2.05, 4.69) is 0 Å². The van der Waals surface area contributed by atoms with E-state index < -0.39 is 28.4 Å². The Labute approximate surface area is 145 Å². The van der Waals surface area contributed by atoms with Crippen LogP contribution in [0.25, 0.3) is 0 Å². The largest absolute Gasteiger partial charge is 0.460 e. The van der Waals surface area contributed by atoms with E-state index in [1.807, 2.05) is 6.07 Å². The molecule has 25 heavy (non-hydrogen) atoms. The van der Waals surface area contributed by atoms with Crippen LogP contribution < -0.4 is 0 Å². The normalized spacial score (nSPS) is 11.1. The van der Waals surface area contributed by atoms with Crippen molar-refractivity contribution in [1.29, 1.82) is 5.26 Å². The van der Waals surface area contributed by atoms with Crippen molar-refractivity contribution < 1.29 is 22.3 Å². The average Bonchev–Trinajstić information content (AvgIpc) is 2.60. The highest BCUT2D eigenvalue weighted by atomic mass is 32.2. The molecule has 0 amide bonds. The van der Waals surface area contributed by atoms with Crippen LogP contribution in [0.1, 0.15) is 11.1 Å². The molecule has 8 heteroatoms. The summed E-state index contributed by atoms with van der Waals surface area (Å²) in [6, 6.07) is 12.8. The van der Waals surface area contributed by atoms with Crippen molar-refractivity contribution in [3.05, 3.63) is 65.5 Å². The van der Waals surface area contributed by atoms with Crippen LogP contribution in [0.4, 0.5) is 4.39 Å². The van der Waals surface area contributed by atoms with Crippen molar-refractivity contribution in [3.63, 3.8) is 0 Å². The predicted molar refractivity (Wildman–Crippen MR) is 87.2 cm³/mol. The zero-order valence-electron chi connectivity index (χ0n) is 13.3. The number of hydrogen-bond acceptors (Lipinski definition) is 5. The van der Waals surface area contributed by atoms with E-state index in [0.717, 1.165) is 28.6 Å². The molecule has 0 aliphatic rings. The first-order chi connectivity index (χ1) is 11.8. The molecular weight excluding hydrogens is 347 g/mol. The topological polar surface area (TPSA) is 87.5 Å². The second-order valence-corrected chi connectivity index (χ2v) is 7.23. The molecule has 0 heterocycles. The summed E-state index contributed by atoms with van der Waals surface area (Å²) >= 11 is 0. The van der Waals surface area contributed by atoms with Gasteiger partial charge < -0.3 is 4.74 Å². The summed E-state index contributed by atoms with van der Waals surface area (Å²) in [6.07, 6.45) is 0. The lowest BCUT2D eigenvalue weighted by Gasteiger charge is -2.16. The molecule has 2 aromatic carbocycles. The van der Waals surface area contributed by atoms with Crippen LogP contribution >= 0.6 is 0 Å². The minimum Gasteiger partial charge on any atom is -0.460 e. The Morgan fingerprint density at radius 2 is 1.76 bits per heavy atom. The lowest BCUT2D eigenvalue weighted by atomic mass is 10.2. The number of rotatable bonds is 6. The summed E-state index contributed by atoms with van der Waals surface area (Å²) in [6.45, 7) is -0.509. The molecule has 0 radical (unpaired) electrons. The summed E-state index contributed by atoms with van der Waals surface area (Å²) < 4.78 is 43.3. The number of benzene rings is 2. The molecule has 6 nitrogen and oxygen atoms in total. The minimum atomic E-state index is -3.91. The molecule has 0 saturated heterocycles. The van der Waals surface area contributed by atoms with Crippen molar-refractivity contribution >= 4 is 16.0 Å². The Morgan fingerprint density at radius 1 is 1.16 bits per heavy atom. The smallest absolute Gasteiger partial charge is 0.321 e. The van der Waals surface area contributed by atoms with Crippen molar-refractivity contribution in [2.24, 2.45) is 0 Å². The summed E-state index contributed by atoms with van der Waals surface area (Å²) in [5.41, 5.74) is 1.16. The zero-order chi connectivity index (χ0) is 18.4. The number of hydrogen-bond donors (Lipinski definition) is 0. The molecular formula is C17H15FN2O4S. The molecule has 0 atom stereocenters. The van der Waals surface area contributed by atoms with Gasteiger partial charge in [0, 0.05) is 7.05 Å². The van der Waals surface area contributed by atoms with Crippen LogP contribution in [0.3, 0.4) is 0 Å². The first-order valence-electron chi connectivity index (χ1n) is 7.19. The van der Waals surface area contributed by atoms with Gasteiger partial charge in [0.2, 0.25) is 10.0 Å². The third-order valence-electron chi connectivity index (χ3n) is 3.36. The molecule has 2 aromatic rings. The Morgan fingerprint density at radius 3 is 2.32 bits per heavy atom. The number of nitrogens with zero attached hydrogens (tertiary/aromatic N) is 2. The Balaban J connectivity index is 1.94. The van der Waals surface area contributed by atoms with Gasteiger partial charge in [-0.15, -0.1) is 0 Å². The number of halogens is 1. The number of sulfonamides is 1. The highest BCUT2D eigenvalue weighted by Crippen LogP contribution is 2.15. The zero-order valence-corrected chi connectivity index (χ0v) is 14.2. The third kappa shape index (κ3) is 4.86. The molecule has 130 valence electrons. The van der Waals surface area contributed by atoms with E-state index in [4.69, 9.17) is 10.00 Å². The molecule has 0 aliphatic heterocycles. The number of likely N-dealkylation sites (N-methyl/N-ethyl adjacent to an activating group) is 1. The van der Waals surface area contributed by atoms with Crippen LogP contribution in [0.15, 0.2) is 53.4 Å². The fraction of sp³-hybridized carbons (Fsp3) is 0.176. The molecule has 0 spiro atoms. The van der Waals surface area contributed by atoms with Gasteiger partial charge in [-0.3, -0.25) is 4.79 Å². The van der Waals surface area contributed by atoms with Crippen LogP contribution in [-0.2, 0) is 26.2 Å². The number of carbonyl (C=O) groups is 1. The van der Waals surface area contributed by atoms with Crippen LogP contribution in [0.2, 0.25) is 0 Å². The number of esters is 1. The molecule has 0 saturated carbocycles. The van der Waals surface area contributed by atoms with Crippen molar-refractivity contribution in [2.75, 3.05) is 13.6 Å². The van der Waals surface area contributed by atoms with E-state index in [0.29, 0.717) is 11.1 Å². The predicted octanol–water partition coefficient (Wildman–Crippen LogP) is 2.06. The highest BCUT2D eigenvalue weighted by molar-refractivity contribution is 7.89.